The van der Waals surface area contributed by atoms with Crippen LogP contribution in [0.25, 0.3) is 0 Å². The highest BCUT2D eigenvalue weighted by atomic mass is 19.1. The molecule has 1 aliphatic heterocycles. The number of alkyl halides is 1. The Morgan fingerprint density at radius 3 is 2.54 bits per heavy atom. The summed E-state index contributed by atoms with van der Waals surface area (Å²) in [6.45, 7) is 5.12. The van der Waals surface area contributed by atoms with Crippen LogP contribution >= 0.6 is 0 Å². The Kier molecular flexibility index (Phi) is 8.05. The molecule has 0 bridgehead atoms. The van der Waals surface area contributed by atoms with Crippen molar-refractivity contribution >= 4 is 17.6 Å². The topological polar surface area (TPSA) is 100 Å². The van der Waals surface area contributed by atoms with E-state index in [1.54, 1.807) is 55.6 Å². The summed E-state index contributed by atoms with van der Waals surface area (Å²) in [6, 6.07) is 12.2. The zero-order valence-electron chi connectivity index (χ0n) is 21.0. The Hall–Kier alpha value is -3.95. The second-order valence-electron chi connectivity index (χ2n) is 9.36. The van der Waals surface area contributed by atoms with Crippen LogP contribution in [-0.4, -0.2) is 57.0 Å². The van der Waals surface area contributed by atoms with Gasteiger partial charge in [0.2, 0.25) is 17.8 Å². The fraction of sp³-hybridized carbons (Fsp3) is 0.370. The second-order valence-corrected chi connectivity index (χ2v) is 9.36. The highest BCUT2D eigenvalue weighted by Gasteiger charge is 2.40. The molecule has 0 aliphatic carbocycles. The first-order valence-corrected chi connectivity index (χ1v) is 12.2. The fourth-order valence-corrected chi connectivity index (χ4v) is 4.39. The van der Waals surface area contributed by atoms with Crippen LogP contribution in [0.5, 0.6) is 0 Å². The van der Waals surface area contributed by atoms with Gasteiger partial charge in [-0.1, -0.05) is 50.2 Å². The number of amides is 2. The average Bonchev–Trinajstić information content (AvgIpc) is 3.28. The maximum Gasteiger partial charge on any atom is 0.243 e. The molecule has 2 aromatic heterocycles. The van der Waals surface area contributed by atoms with Crippen molar-refractivity contribution in [3.8, 4) is 0 Å². The summed E-state index contributed by atoms with van der Waals surface area (Å²) in [6.07, 6.45) is 0.101. The normalized spacial score (nSPS) is 18.1. The van der Waals surface area contributed by atoms with Crippen molar-refractivity contribution in [2.75, 3.05) is 18.4 Å². The first kappa shape index (κ1) is 26.1. The molecule has 2 N–H and O–H groups in total. The summed E-state index contributed by atoms with van der Waals surface area (Å²) in [5, 5.41) is 5.79. The van der Waals surface area contributed by atoms with Crippen LogP contribution in [0.1, 0.15) is 54.9 Å². The molecule has 1 aliphatic rings. The molecule has 3 heterocycles. The van der Waals surface area contributed by atoms with Crippen molar-refractivity contribution < 1.29 is 18.4 Å². The number of nitrogens with zero attached hydrogens (tertiary/aromatic N) is 4. The van der Waals surface area contributed by atoms with E-state index in [-0.39, 0.29) is 25.4 Å². The molecule has 1 saturated heterocycles. The number of carbonyl (C=O) groups is 2. The van der Waals surface area contributed by atoms with Crippen LogP contribution in [0.2, 0.25) is 0 Å². The van der Waals surface area contributed by atoms with E-state index >= 15 is 0 Å². The van der Waals surface area contributed by atoms with Crippen molar-refractivity contribution in [2.45, 2.75) is 51.4 Å². The minimum Gasteiger partial charge on any atom is -0.361 e. The molecule has 8 nitrogen and oxygen atoms in total. The Balaban J connectivity index is 1.53. The van der Waals surface area contributed by atoms with Gasteiger partial charge in [-0.15, -0.1) is 0 Å². The number of halogens is 2. The largest absolute Gasteiger partial charge is 0.361 e. The first-order valence-electron chi connectivity index (χ1n) is 12.2. The molecule has 0 spiro atoms. The molecule has 3 aromatic rings. The Labute approximate surface area is 214 Å². The average molecular weight is 509 g/mol. The quantitative estimate of drug-likeness (QED) is 0.450. The number of aromatic nitrogens is 3. The van der Waals surface area contributed by atoms with Gasteiger partial charge >= 0.3 is 0 Å². The number of carbonyl (C=O) groups excluding carboxylic acids is 2. The zero-order valence-corrected chi connectivity index (χ0v) is 21.0. The minimum atomic E-state index is -1.34. The molecule has 1 fully saturated rings. The minimum absolute atomic E-state index is 0.0502. The highest BCUT2D eigenvalue weighted by molar-refractivity contribution is 5.90. The van der Waals surface area contributed by atoms with E-state index < -0.39 is 36.0 Å². The van der Waals surface area contributed by atoms with Crippen LogP contribution in [0.4, 0.5) is 14.6 Å². The van der Waals surface area contributed by atoms with Gasteiger partial charge in [0, 0.05) is 18.2 Å². The molecule has 3 unspecified atom stereocenters. The van der Waals surface area contributed by atoms with Crippen molar-refractivity contribution in [2.24, 2.45) is 0 Å². The van der Waals surface area contributed by atoms with Crippen molar-refractivity contribution in [3.63, 3.8) is 0 Å². The molecule has 1 aromatic carbocycles. The van der Waals surface area contributed by atoms with E-state index in [0.29, 0.717) is 28.5 Å². The van der Waals surface area contributed by atoms with Crippen molar-refractivity contribution in [1.29, 1.82) is 0 Å². The number of aryl methyl sites for hydroxylation is 1. The van der Waals surface area contributed by atoms with Gasteiger partial charge in [-0.3, -0.25) is 9.59 Å². The van der Waals surface area contributed by atoms with E-state index in [1.165, 1.54) is 4.90 Å². The molecular formula is C27H30F2N6O2. The van der Waals surface area contributed by atoms with Gasteiger partial charge in [0.25, 0.3) is 0 Å². The van der Waals surface area contributed by atoms with E-state index in [1.807, 2.05) is 19.9 Å². The summed E-state index contributed by atoms with van der Waals surface area (Å²) in [5.74, 6) is -0.618. The SMILES string of the molecule is Cc1nccc(NCC(=O)N2CC(F)CC2C(=O)NC(c2ccccc2)c2ccc(C(C)C)c(F)n2)n1. The van der Waals surface area contributed by atoms with Crippen LogP contribution in [-0.2, 0) is 9.59 Å². The van der Waals surface area contributed by atoms with E-state index in [0.717, 1.165) is 0 Å². The van der Waals surface area contributed by atoms with Crippen LogP contribution in [0.15, 0.2) is 54.7 Å². The van der Waals surface area contributed by atoms with E-state index in [2.05, 4.69) is 25.6 Å². The maximum atomic E-state index is 14.7. The molecule has 10 heteroatoms. The van der Waals surface area contributed by atoms with Crippen LogP contribution in [0, 0.1) is 12.9 Å². The summed E-state index contributed by atoms with van der Waals surface area (Å²) in [7, 11) is 0. The number of pyridine rings is 1. The van der Waals surface area contributed by atoms with Gasteiger partial charge in [0.05, 0.1) is 24.8 Å². The van der Waals surface area contributed by atoms with Gasteiger partial charge in [0.15, 0.2) is 0 Å². The van der Waals surface area contributed by atoms with Crippen molar-refractivity contribution in [3.05, 3.63) is 83.3 Å². The number of anilines is 1. The summed E-state index contributed by atoms with van der Waals surface area (Å²) >= 11 is 0. The predicted octanol–water partition coefficient (Wildman–Crippen LogP) is 3.70. The first-order chi connectivity index (χ1) is 17.7. The zero-order chi connectivity index (χ0) is 26.5. The van der Waals surface area contributed by atoms with Gasteiger partial charge in [-0.25, -0.2) is 19.3 Å². The lowest BCUT2D eigenvalue weighted by Crippen LogP contribution is -2.48. The monoisotopic (exact) mass is 508 g/mol. The third-order valence-corrected chi connectivity index (χ3v) is 6.31. The van der Waals surface area contributed by atoms with Crippen molar-refractivity contribution in [1.82, 2.24) is 25.2 Å². The molecule has 3 atom stereocenters. The number of benzene rings is 1. The maximum absolute atomic E-state index is 14.7. The molecular weight excluding hydrogens is 478 g/mol. The highest BCUT2D eigenvalue weighted by Crippen LogP contribution is 2.26. The second kappa shape index (κ2) is 11.4. The van der Waals surface area contributed by atoms with Gasteiger partial charge in [0.1, 0.15) is 23.9 Å². The Morgan fingerprint density at radius 1 is 1.11 bits per heavy atom. The summed E-state index contributed by atoms with van der Waals surface area (Å²) in [4.78, 5) is 39.9. The van der Waals surface area contributed by atoms with E-state index in [9.17, 15) is 18.4 Å². The number of likely N-dealkylation sites (tertiary alicyclic amines) is 1. The van der Waals surface area contributed by atoms with Crippen LogP contribution < -0.4 is 10.6 Å². The van der Waals surface area contributed by atoms with Gasteiger partial charge < -0.3 is 15.5 Å². The fourth-order valence-electron chi connectivity index (χ4n) is 4.39. The standard InChI is InChI=1S/C27H30F2N6O2/c1-16(2)20-9-10-21(33-26(20)29)25(18-7-5-4-6-8-18)34-27(37)22-13-19(28)15-35(22)24(36)14-31-23-11-12-30-17(3)32-23/h4-12,16,19,22,25H,13-15H2,1-3H3,(H,34,37)(H,30,31,32). The molecule has 0 saturated carbocycles. The van der Waals surface area contributed by atoms with Gasteiger partial charge in [-0.05, 0) is 30.5 Å². The number of rotatable bonds is 8. The third-order valence-electron chi connectivity index (χ3n) is 6.31. The summed E-state index contributed by atoms with van der Waals surface area (Å²) < 4.78 is 29.2. The Bertz CT molecular complexity index is 1260. The number of nitrogens with one attached hydrogen (secondary N) is 2. The smallest absolute Gasteiger partial charge is 0.243 e. The lowest BCUT2D eigenvalue weighted by atomic mass is 9.99. The lowest BCUT2D eigenvalue weighted by molar-refractivity contribution is -0.137. The lowest BCUT2D eigenvalue weighted by Gasteiger charge is -2.27. The Morgan fingerprint density at radius 2 is 1.86 bits per heavy atom. The number of hydrogen-bond donors (Lipinski definition) is 2. The van der Waals surface area contributed by atoms with Gasteiger partial charge in [-0.2, -0.15) is 4.39 Å². The number of hydrogen-bond acceptors (Lipinski definition) is 6. The molecule has 37 heavy (non-hydrogen) atoms. The molecule has 4 rings (SSSR count). The van der Waals surface area contributed by atoms with E-state index in [4.69, 9.17) is 0 Å². The third kappa shape index (κ3) is 6.25. The van der Waals surface area contributed by atoms with Crippen LogP contribution in [0.3, 0.4) is 0 Å². The molecule has 0 radical (unpaired) electrons. The predicted molar refractivity (Wildman–Crippen MR) is 135 cm³/mol. The summed E-state index contributed by atoms with van der Waals surface area (Å²) in [5.41, 5.74) is 1.48. The molecule has 194 valence electrons. The molecule has 2 amide bonds.